The Morgan fingerprint density at radius 3 is 2.76 bits per heavy atom. The Morgan fingerprint density at radius 2 is 2.09 bits per heavy atom. The van der Waals surface area contributed by atoms with Crippen LogP contribution in [0.3, 0.4) is 0 Å². The van der Waals surface area contributed by atoms with Gasteiger partial charge in [0.1, 0.15) is 6.33 Å². The first kappa shape index (κ1) is 22.7. The predicted octanol–water partition coefficient (Wildman–Crippen LogP) is 0.434. The predicted molar refractivity (Wildman–Crippen MR) is 119 cm³/mol. The number of aromatic nitrogens is 8. The molecule has 0 bridgehead atoms. The van der Waals surface area contributed by atoms with Gasteiger partial charge in [0, 0.05) is 12.8 Å². The summed E-state index contributed by atoms with van der Waals surface area (Å²) in [6, 6.07) is 5.20. The van der Waals surface area contributed by atoms with Crippen molar-refractivity contribution in [3.63, 3.8) is 0 Å². The molecule has 0 saturated carbocycles. The lowest BCUT2D eigenvalue weighted by Crippen LogP contribution is -2.20. The fourth-order valence-corrected chi connectivity index (χ4v) is 3.68. The van der Waals surface area contributed by atoms with Crippen molar-refractivity contribution in [3.05, 3.63) is 41.5 Å². The van der Waals surface area contributed by atoms with Crippen molar-refractivity contribution < 1.29 is 18.9 Å². The van der Waals surface area contributed by atoms with E-state index in [1.54, 1.807) is 43.3 Å². The van der Waals surface area contributed by atoms with E-state index in [1.807, 2.05) is 0 Å². The molecule has 0 unspecified atom stereocenters. The largest absolute Gasteiger partial charge is 0.493 e. The Morgan fingerprint density at radius 1 is 1.26 bits per heavy atom. The van der Waals surface area contributed by atoms with Crippen molar-refractivity contribution in [1.29, 1.82) is 0 Å². The van der Waals surface area contributed by atoms with E-state index in [4.69, 9.17) is 15.2 Å². The maximum Gasteiger partial charge on any atom is 0.293 e. The summed E-state index contributed by atoms with van der Waals surface area (Å²) < 4.78 is 18.1. The lowest BCUT2D eigenvalue weighted by molar-refractivity contribution is 0.0949. The Kier molecular flexibility index (Phi) is 6.67. The number of hydrogen-bond donors (Lipinski definition) is 2. The molecule has 0 aliphatic heterocycles. The van der Waals surface area contributed by atoms with Gasteiger partial charge in [-0.15, -0.1) is 15.3 Å². The Labute approximate surface area is 196 Å². The van der Waals surface area contributed by atoms with Crippen molar-refractivity contribution in [2.24, 2.45) is 12.1 Å². The molecule has 0 radical (unpaired) electrons. The zero-order valence-electron chi connectivity index (χ0n) is 18.2. The van der Waals surface area contributed by atoms with E-state index in [0.29, 0.717) is 27.9 Å². The molecule has 16 heteroatoms. The standard InChI is InChI=1S/C18H19N11O4S/c1-28-9-21-24-18(28)34-8-11-14(22-27-29(11)16-15(19)25-33-26-16)17(30)23-20-7-10-4-5-12(31-2)13(6-10)32-3/h4-7,9H,8H2,1-3H3,(H2,19,25)(H,23,30)/b20-7+. The number of nitrogen functional groups attached to an aromatic ring is 1. The summed E-state index contributed by atoms with van der Waals surface area (Å²) in [4.78, 5) is 12.9. The number of carbonyl (C=O) groups excluding carboxylic acids is 1. The molecule has 176 valence electrons. The summed E-state index contributed by atoms with van der Waals surface area (Å²) >= 11 is 1.31. The number of hydrogen-bond acceptors (Lipinski definition) is 13. The number of rotatable bonds is 9. The van der Waals surface area contributed by atoms with E-state index < -0.39 is 5.91 Å². The molecule has 34 heavy (non-hydrogen) atoms. The highest BCUT2D eigenvalue weighted by atomic mass is 32.2. The molecule has 15 nitrogen and oxygen atoms in total. The van der Waals surface area contributed by atoms with E-state index in [9.17, 15) is 4.79 Å². The molecule has 3 aromatic heterocycles. The number of methoxy groups -OCH3 is 2. The second-order valence-corrected chi connectivity index (χ2v) is 7.54. The second-order valence-electron chi connectivity index (χ2n) is 6.60. The minimum Gasteiger partial charge on any atom is -0.493 e. The lowest BCUT2D eigenvalue weighted by Gasteiger charge is -2.07. The van der Waals surface area contributed by atoms with E-state index in [2.05, 4.69) is 46.0 Å². The van der Waals surface area contributed by atoms with Crippen molar-refractivity contribution in [2.75, 3.05) is 20.0 Å². The molecular formula is C18H19N11O4S. The Hall–Kier alpha value is -4.47. The summed E-state index contributed by atoms with van der Waals surface area (Å²) in [5, 5.41) is 27.7. The molecule has 3 heterocycles. The molecule has 0 aliphatic carbocycles. The first-order valence-corrected chi connectivity index (χ1v) is 10.6. The number of benzene rings is 1. The molecule has 1 aromatic carbocycles. The van der Waals surface area contributed by atoms with E-state index >= 15 is 0 Å². The maximum atomic E-state index is 12.9. The number of nitrogens with one attached hydrogen (secondary N) is 1. The van der Waals surface area contributed by atoms with Crippen molar-refractivity contribution >= 4 is 29.7 Å². The van der Waals surface area contributed by atoms with Crippen molar-refractivity contribution in [1.82, 2.24) is 45.5 Å². The smallest absolute Gasteiger partial charge is 0.293 e. The number of hydrazone groups is 1. The third kappa shape index (κ3) is 4.65. The van der Waals surface area contributed by atoms with Crippen LogP contribution in [0.5, 0.6) is 11.5 Å². The van der Waals surface area contributed by atoms with Crippen LogP contribution in [-0.4, -0.2) is 66.4 Å². The number of amides is 1. The zero-order chi connectivity index (χ0) is 24.1. The number of carbonyl (C=O) groups is 1. The molecule has 1 amide bonds. The average molecular weight is 485 g/mol. The SMILES string of the molecule is COc1ccc(/C=N/NC(=O)c2nnn(-c3nonc3N)c2CSc2nncn2C)cc1OC. The summed E-state index contributed by atoms with van der Waals surface area (Å²) in [6.07, 6.45) is 3.02. The first-order chi connectivity index (χ1) is 16.5. The molecule has 0 aliphatic rings. The molecule has 0 atom stereocenters. The highest BCUT2D eigenvalue weighted by molar-refractivity contribution is 7.98. The summed E-state index contributed by atoms with van der Waals surface area (Å²) in [6.45, 7) is 0. The monoisotopic (exact) mass is 485 g/mol. The van der Waals surface area contributed by atoms with Gasteiger partial charge in [-0.1, -0.05) is 17.0 Å². The molecule has 4 rings (SSSR count). The number of ether oxygens (including phenoxy) is 2. The molecule has 4 aromatic rings. The minimum atomic E-state index is -0.591. The van der Waals surface area contributed by atoms with Crippen LogP contribution < -0.4 is 20.6 Å². The highest BCUT2D eigenvalue weighted by Crippen LogP contribution is 2.27. The summed E-state index contributed by atoms with van der Waals surface area (Å²) in [5.74, 6) is 0.858. The van der Waals surface area contributed by atoms with Crippen LogP contribution in [0.1, 0.15) is 21.7 Å². The Balaban J connectivity index is 1.56. The van der Waals surface area contributed by atoms with Crippen LogP contribution >= 0.6 is 11.8 Å². The van der Waals surface area contributed by atoms with Crippen LogP contribution in [0.4, 0.5) is 5.82 Å². The van der Waals surface area contributed by atoms with Gasteiger partial charge < -0.3 is 19.8 Å². The van der Waals surface area contributed by atoms with Gasteiger partial charge in [-0.05, 0) is 34.1 Å². The molecule has 3 N–H and O–H groups in total. The summed E-state index contributed by atoms with van der Waals surface area (Å²) in [5.41, 5.74) is 9.32. The number of anilines is 1. The average Bonchev–Trinajstić information content (AvgIpc) is 3.56. The maximum absolute atomic E-state index is 12.9. The zero-order valence-corrected chi connectivity index (χ0v) is 19.1. The van der Waals surface area contributed by atoms with E-state index in [0.717, 1.165) is 0 Å². The van der Waals surface area contributed by atoms with E-state index in [-0.39, 0.29) is 23.1 Å². The molecular weight excluding hydrogens is 466 g/mol. The number of nitrogens with zero attached hydrogens (tertiary/aromatic N) is 9. The van der Waals surface area contributed by atoms with Gasteiger partial charge in [0.2, 0.25) is 11.6 Å². The number of nitrogens with two attached hydrogens (primary N) is 1. The fourth-order valence-electron chi connectivity index (χ4n) is 2.80. The first-order valence-electron chi connectivity index (χ1n) is 9.57. The fraction of sp³-hybridized carbons (Fsp3) is 0.222. The second kappa shape index (κ2) is 9.99. The van der Waals surface area contributed by atoms with Gasteiger partial charge in [0.25, 0.3) is 5.91 Å². The summed E-state index contributed by atoms with van der Waals surface area (Å²) in [7, 11) is 4.87. The third-order valence-electron chi connectivity index (χ3n) is 4.47. The lowest BCUT2D eigenvalue weighted by atomic mass is 10.2. The van der Waals surface area contributed by atoms with Crippen LogP contribution in [0.2, 0.25) is 0 Å². The van der Waals surface area contributed by atoms with Gasteiger partial charge >= 0.3 is 0 Å². The molecule has 0 saturated heterocycles. The normalized spacial score (nSPS) is 11.1. The Bertz CT molecular complexity index is 1330. The third-order valence-corrected chi connectivity index (χ3v) is 5.52. The molecule has 0 fully saturated rings. The minimum absolute atomic E-state index is 0.00626. The van der Waals surface area contributed by atoms with Crippen LogP contribution in [0, 0.1) is 0 Å². The van der Waals surface area contributed by atoms with Gasteiger partial charge in [-0.25, -0.2) is 10.1 Å². The van der Waals surface area contributed by atoms with Crippen LogP contribution in [0.25, 0.3) is 5.82 Å². The quantitative estimate of drug-likeness (QED) is 0.189. The van der Waals surface area contributed by atoms with Gasteiger partial charge in [0.15, 0.2) is 22.3 Å². The van der Waals surface area contributed by atoms with Crippen molar-refractivity contribution in [2.45, 2.75) is 10.9 Å². The van der Waals surface area contributed by atoms with Gasteiger partial charge in [-0.3, -0.25) is 4.79 Å². The van der Waals surface area contributed by atoms with Crippen LogP contribution in [0.15, 0.2) is 39.4 Å². The number of thioether (sulfide) groups is 1. The van der Waals surface area contributed by atoms with E-state index in [1.165, 1.54) is 29.8 Å². The highest BCUT2D eigenvalue weighted by Gasteiger charge is 2.24. The van der Waals surface area contributed by atoms with Crippen molar-refractivity contribution in [3.8, 4) is 17.3 Å². The van der Waals surface area contributed by atoms with Crippen LogP contribution in [-0.2, 0) is 12.8 Å². The molecule has 0 spiro atoms. The van der Waals surface area contributed by atoms with Gasteiger partial charge in [0.05, 0.1) is 26.1 Å². The van der Waals surface area contributed by atoms with Gasteiger partial charge in [-0.2, -0.15) is 9.78 Å². The topological polar surface area (TPSA) is 186 Å². The number of aryl methyl sites for hydroxylation is 1.